The van der Waals surface area contributed by atoms with Crippen molar-refractivity contribution in [3.8, 4) is 0 Å². The molecule has 23 heavy (non-hydrogen) atoms. The van der Waals surface area contributed by atoms with Crippen molar-refractivity contribution >= 4 is 0 Å². The van der Waals surface area contributed by atoms with Crippen molar-refractivity contribution in [3.63, 3.8) is 0 Å². The molecular formula is C16H21F2N5. The third-order valence-electron chi connectivity index (χ3n) is 4.36. The molecule has 3 rings (SSSR count). The first-order valence-electron chi connectivity index (χ1n) is 7.86. The van der Waals surface area contributed by atoms with Crippen LogP contribution in [0.15, 0.2) is 30.6 Å². The minimum Gasteiger partial charge on any atom is -0.299 e. The summed E-state index contributed by atoms with van der Waals surface area (Å²) in [6, 6.07) is 4.13. The van der Waals surface area contributed by atoms with Crippen LogP contribution in [-0.4, -0.2) is 57.0 Å². The summed E-state index contributed by atoms with van der Waals surface area (Å²) in [4.78, 5) is 4.62. The third kappa shape index (κ3) is 4.11. The molecule has 124 valence electrons. The Morgan fingerprint density at radius 2 is 2.09 bits per heavy atom. The molecule has 1 aromatic carbocycles. The number of hydrogen-bond donors (Lipinski definition) is 0. The Bertz CT molecular complexity index is 631. The van der Waals surface area contributed by atoms with Gasteiger partial charge in [-0.05, 0) is 13.0 Å². The van der Waals surface area contributed by atoms with Crippen LogP contribution in [0.1, 0.15) is 12.5 Å². The molecule has 2 heterocycles. The minimum atomic E-state index is -0.530. The van der Waals surface area contributed by atoms with Crippen molar-refractivity contribution in [1.82, 2.24) is 24.8 Å². The monoisotopic (exact) mass is 321 g/mol. The minimum absolute atomic E-state index is 0.323. The van der Waals surface area contributed by atoms with Crippen LogP contribution in [0.25, 0.3) is 0 Å². The Morgan fingerprint density at radius 3 is 2.78 bits per heavy atom. The van der Waals surface area contributed by atoms with Crippen LogP contribution in [0, 0.1) is 11.6 Å². The van der Waals surface area contributed by atoms with E-state index < -0.39 is 11.6 Å². The van der Waals surface area contributed by atoms with E-state index in [9.17, 15) is 8.78 Å². The van der Waals surface area contributed by atoms with E-state index in [1.807, 2.05) is 10.9 Å². The molecule has 1 saturated heterocycles. The van der Waals surface area contributed by atoms with Gasteiger partial charge in [-0.3, -0.25) is 14.5 Å². The van der Waals surface area contributed by atoms with Gasteiger partial charge < -0.3 is 0 Å². The molecule has 5 nitrogen and oxygen atoms in total. The Balaban J connectivity index is 1.52. The second-order valence-electron chi connectivity index (χ2n) is 6.02. The first-order chi connectivity index (χ1) is 11.1. The summed E-state index contributed by atoms with van der Waals surface area (Å²) in [7, 11) is 0. The zero-order valence-corrected chi connectivity index (χ0v) is 13.2. The van der Waals surface area contributed by atoms with Crippen LogP contribution in [0.5, 0.6) is 0 Å². The number of nitrogens with zero attached hydrogens (tertiary/aromatic N) is 5. The fourth-order valence-electron chi connectivity index (χ4n) is 2.97. The van der Waals surface area contributed by atoms with Crippen molar-refractivity contribution in [3.05, 3.63) is 47.8 Å². The van der Waals surface area contributed by atoms with Crippen molar-refractivity contribution in [2.45, 2.75) is 26.1 Å². The number of benzene rings is 1. The van der Waals surface area contributed by atoms with Gasteiger partial charge in [0.05, 0.1) is 12.7 Å². The molecule has 0 spiro atoms. The lowest BCUT2D eigenvalue weighted by Crippen LogP contribution is -2.52. The highest BCUT2D eigenvalue weighted by Crippen LogP contribution is 2.17. The van der Waals surface area contributed by atoms with Crippen molar-refractivity contribution < 1.29 is 8.78 Å². The molecule has 0 amide bonds. The summed E-state index contributed by atoms with van der Waals surface area (Å²) in [6.07, 6.45) is 3.54. The van der Waals surface area contributed by atoms with Crippen LogP contribution in [-0.2, 0) is 13.1 Å². The van der Waals surface area contributed by atoms with E-state index in [0.29, 0.717) is 18.2 Å². The first kappa shape index (κ1) is 16.0. The average molecular weight is 321 g/mol. The molecule has 1 aliphatic rings. The number of hydrogen-bond acceptors (Lipinski definition) is 4. The number of halogens is 2. The molecule has 0 saturated carbocycles. The van der Waals surface area contributed by atoms with Gasteiger partial charge in [0.1, 0.15) is 11.6 Å². The van der Waals surface area contributed by atoms with Gasteiger partial charge in [-0.1, -0.05) is 11.3 Å². The summed E-state index contributed by atoms with van der Waals surface area (Å²) in [6.45, 7) is 7.13. The Kier molecular flexibility index (Phi) is 4.97. The van der Waals surface area contributed by atoms with E-state index in [0.717, 1.165) is 38.8 Å². The molecule has 7 heteroatoms. The number of aromatic nitrogens is 3. The van der Waals surface area contributed by atoms with Gasteiger partial charge in [-0.15, -0.1) is 5.10 Å². The van der Waals surface area contributed by atoms with Crippen molar-refractivity contribution in [2.75, 3.05) is 26.2 Å². The molecule has 1 fully saturated rings. The van der Waals surface area contributed by atoms with Crippen LogP contribution >= 0.6 is 0 Å². The lowest BCUT2D eigenvalue weighted by molar-refractivity contribution is 0.0740. The standard InChI is InChI=1S/C16H21F2N5/c1-13-11-21(7-9-23-5-4-19-20-23)6-8-22(13)12-14-2-3-15(17)10-16(14)18/h2-5,10,13H,6-9,11-12H2,1H3. The third-order valence-corrected chi connectivity index (χ3v) is 4.36. The maximum atomic E-state index is 13.8. The molecule has 0 bridgehead atoms. The summed E-state index contributed by atoms with van der Waals surface area (Å²) >= 11 is 0. The van der Waals surface area contributed by atoms with Gasteiger partial charge in [-0.25, -0.2) is 8.78 Å². The van der Waals surface area contributed by atoms with Crippen LogP contribution in [0.2, 0.25) is 0 Å². The second-order valence-corrected chi connectivity index (χ2v) is 6.02. The topological polar surface area (TPSA) is 37.2 Å². The molecule has 1 aromatic heterocycles. The molecular weight excluding hydrogens is 300 g/mol. The smallest absolute Gasteiger partial charge is 0.130 e. The van der Waals surface area contributed by atoms with Gasteiger partial charge in [0, 0.05) is 56.6 Å². The molecule has 2 aromatic rings. The van der Waals surface area contributed by atoms with Crippen molar-refractivity contribution in [1.29, 1.82) is 0 Å². The summed E-state index contributed by atoms with van der Waals surface area (Å²) < 4.78 is 28.6. The lowest BCUT2D eigenvalue weighted by atomic mass is 10.1. The maximum Gasteiger partial charge on any atom is 0.130 e. The lowest BCUT2D eigenvalue weighted by Gasteiger charge is -2.40. The molecule has 1 aliphatic heterocycles. The van der Waals surface area contributed by atoms with Gasteiger partial charge >= 0.3 is 0 Å². The zero-order valence-electron chi connectivity index (χ0n) is 13.2. The van der Waals surface area contributed by atoms with Gasteiger partial charge in [-0.2, -0.15) is 0 Å². The van der Waals surface area contributed by atoms with Crippen LogP contribution in [0.4, 0.5) is 8.78 Å². The van der Waals surface area contributed by atoms with Crippen LogP contribution in [0.3, 0.4) is 0 Å². The fourth-order valence-corrected chi connectivity index (χ4v) is 2.97. The van der Waals surface area contributed by atoms with Crippen LogP contribution < -0.4 is 0 Å². The first-order valence-corrected chi connectivity index (χ1v) is 7.86. The van der Waals surface area contributed by atoms with E-state index in [1.54, 1.807) is 6.20 Å². The van der Waals surface area contributed by atoms with Gasteiger partial charge in [0.2, 0.25) is 0 Å². The van der Waals surface area contributed by atoms with E-state index in [1.165, 1.54) is 12.1 Å². The second kappa shape index (κ2) is 7.14. The predicted molar refractivity (Wildman–Crippen MR) is 82.7 cm³/mol. The Hall–Kier alpha value is -1.86. The Morgan fingerprint density at radius 1 is 1.22 bits per heavy atom. The van der Waals surface area contributed by atoms with Crippen molar-refractivity contribution in [2.24, 2.45) is 0 Å². The van der Waals surface area contributed by atoms with E-state index in [2.05, 4.69) is 27.0 Å². The normalized spacial score (nSPS) is 20.0. The predicted octanol–water partition coefficient (Wildman–Crippen LogP) is 1.76. The fraction of sp³-hybridized carbons (Fsp3) is 0.500. The quantitative estimate of drug-likeness (QED) is 0.841. The molecule has 1 unspecified atom stereocenters. The van der Waals surface area contributed by atoms with E-state index >= 15 is 0 Å². The highest BCUT2D eigenvalue weighted by atomic mass is 19.1. The van der Waals surface area contributed by atoms with E-state index in [4.69, 9.17) is 0 Å². The summed E-state index contributed by atoms with van der Waals surface area (Å²) in [5.41, 5.74) is 0.550. The Labute approximate surface area is 134 Å². The SMILES string of the molecule is CC1CN(CCn2ccnn2)CCN1Cc1ccc(F)cc1F. The number of rotatable bonds is 5. The maximum absolute atomic E-state index is 13.8. The summed E-state index contributed by atoms with van der Waals surface area (Å²) in [5, 5.41) is 7.76. The highest BCUT2D eigenvalue weighted by Gasteiger charge is 2.24. The van der Waals surface area contributed by atoms with Gasteiger partial charge in [0.25, 0.3) is 0 Å². The largest absolute Gasteiger partial charge is 0.299 e. The highest BCUT2D eigenvalue weighted by molar-refractivity contribution is 5.18. The number of piperazine rings is 1. The molecule has 0 N–H and O–H groups in total. The zero-order chi connectivity index (χ0) is 16.2. The van der Waals surface area contributed by atoms with E-state index in [-0.39, 0.29) is 0 Å². The summed E-state index contributed by atoms with van der Waals surface area (Å²) in [5.74, 6) is -0.997. The average Bonchev–Trinajstić information content (AvgIpc) is 3.03. The molecule has 0 radical (unpaired) electrons. The molecule has 1 atom stereocenters. The molecule has 0 aliphatic carbocycles. The van der Waals surface area contributed by atoms with Gasteiger partial charge in [0.15, 0.2) is 0 Å².